The third kappa shape index (κ3) is 3.88. The Kier molecular flexibility index (Phi) is 5.46. The third-order valence-corrected chi connectivity index (χ3v) is 6.19. The molecule has 3 aromatic heterocycles. The highest BCUT2D eigenvalue weighted by Crippen LogP contribution is 2.35. The molecule has 0 saturated heterocycles. The number of ether oxygens (including phenoxy) is 3. The highest BCUT2D eigenvalue weighted by molar-refractivity contribution is 6.10. The van der Waals surface area contributed by atoms with Crippen LogP contribution in [-0.2, 0) is 0 Å². The van der Waals surface area contributed by atoms with E-state index >= 15 is 0 Å². The average Bonchev–Trinajstić information content (AvgIpc) is 3.27. The minimum absolute atomic E-state index is 0.479. The second-order valence-electron chi connectivity index (χ2n) is 8.30. The largest absolute Gasteiger partial charge is 0.497 e. The van der Waals surface area contributed by atoms with Crippen molar-refractivity contribution in [2.75, 3.05) is 14.2 Å². The van der Waals surface area contributed by atoms with Crippen LogP contribution in [0.5, 0.6) is 23.1 Å². The summed E-state index contributed by atoms with van der Waals surface area (Å²) in [5.74, 6) is 3.43. The SMILES string of the molecule is COc1ccc(-n2c3ccccc3c3ccc(-c4cccc(Oc5cc(OC)ccn5)c4)cc32)nc1. The monoisotopic (exact) mass is 473 g/mol. The number of hydrogen-bond acceptors (Lipinski definition) is 5. The Morgan fingerprint density at radius 2 is 1.44 bits per heavy atom. The summed E-state index contributed by atoms with van der Waals surface area (Å²) in [6, 6.07) is 30.3. The summed E-state index contributed by atoms with van der Waals surface area (Å²) < 4.78 is 18.8. The Hall–Kier alpha value is -4.84. The molecule has 6 heteroatoms. The van der Waals surface area contributed by atoms with Crippen LogP contribution >= 0.6 is 0 Å². The summed E-state index contributed by atoms with van der Waals surface area (Å²) in [6.45, 7) is 0. The smallest absolute Gasteiger partial charge is 0.222 e. The summed E-state index contributed by atoms with van der Waals surface area (Å²) >= 11 is 0. The zero-order valence-corrected chi connectivity index (χ0v) is 19.9. The second-order valence-corrected chi connectivity index (χ2v) is 8.30. The van der Waals surface area contributed by atoms with Crippen molar-refractivity contribution in [1.82, 2.24) is 14.5 Å². The van der Waals surface area contributed by atoms with Crippen LogP contribution in [0.2, 0.25) is 0 Å². The van der Waals surface area contributed by atoms with Gasteiger partial charge in [-0.05, 0) is 53.6 Å². The summed E-state index contributed by atoms with van der Waals surface area (Å²) in [7, 11) is 3.27. The molecule has 0 N–H and O–H groups in total. The fourth-order valence-electron chi connectivity index (χ4n) is 4.46. The van der Waals surface area contributed by atoms with Gasteiger partial charge in [-0.3, -0.25) is 4.57 Å². The van der Waals surface area contributed by atoms with Gasteiger partial charge in [0.1, 0.15) is 23.1 Å². The molecule has 3 heterocycles. The first kappa shape index (κ1) is 21.7. The molecule has 0 unspecified atom stereocenters. The van der Waals surface area contributed by atoms with Crippen LogP contribution < -0.4 is 14.2 Å². The number of pyridine rings is 2. The maximum atomic E-state index is 6.02. The summed E-state index contributed by atoms with van der Waals surface area (Å²) in [5.41, 5.74) is 4.29. The highest BCUT2D eigenvalue weighted by atomic mass is 16.5. The average molecular weight is 474 g/mol. The number of fused-ring (bicyclic) bond motifs is 3. The fourth-order valence-corrected chi connectivity index (χ4v) is 4.46. The molecule has 6 rings (SSSR count). The quantitative estimate of drug-likeness (QED) is 0.259. The van der Waals surface area contributed by atoms with E-state index in [2.05, 4.69) is 63.1 Å². The van der Waals surface area contributed by atoms with Crippen molar-refractivity contribution in [1.29, 1.82) is 0 Å². The van der Waals surface area contributed by atoms with Gasteiger partial charge in [0.15, 0.2) is 0 Å². The molecule has 0 aliphatic rings. The molecule has 0 amide bonds. The Balaban J connectivity index is 1.45. The lowest BCUT2D eigenvalue weighted by atomic mass is 10.0. The first-order valence-corrected chi connectivity index (χ1v) is 11.6. The van der Waals surface area contributed by atoms with Crippen molar-refractivity contribution in [3.63, 3.8) is 0 Å². The van der Waals surface area contributed by atoms with Crippen LogP contribution in [0.3, 0.4) is 0 Å². The van der Waals surface area contributed by atoms with Gasteiger partial charge in [0.05, 0.1) is 31.4 Å². The van der Waals surface area contributed by atoms with Crippen LogP contribution in [0, 0.1) is 0 Å². The lowest BCUT2D eigenvalue weighted by molar-refractivity contribution is 0.405. The molecule has 0 spiro atoms. The van der Waals surface area contributed by atoms with Gasteiger partial charge < -0.3 is 14.2 Å². The summed E-state index contributed by atoms with van der Waals surface area (Å²) in [5, 5.41) is 2.35. The third-order valence-electron chi connectivity index (χ3n) is 6.19. The topological polar surface area (TPSA) is 58.4 Å². The zero-order chi connectivity index (χ0) is 24.5. The highest BCUT2D eigenvalue weighted by Gasteiger charge is 2.14. The molecular formula is C30H23N3O3. The number of aromatic nitrogens is 3. The van der Waals surface area contributed by atoms with E-state index in [1.165, 1.54) is 10.8 Å². The molecule has 176 valence electrons. The van der Waals surface area contributed by atoms with E-state index in [9.17, 15) is 0 Å². The van der Waals surface area contributed by atoms with Gasteiger partial charge >= 0.3 is 0 Å². The van der Waals surface area contributed by atoms with Gasteiger partial charge in [0, 0.05) is 23.0 Å². The van der Waals surface area contributed by atoms with Crippen molar-refractivity contribution in [3.8, 4) is 40.1 Å². The Morgan fingerprint density at radius 3 is 2.28 bits per heavy atom. The summed E-state index contributed by atoms with van der Waals surface area (Å²) in [4.78, 5) is 8.96. The van der Waals surface area contributed by atoms with Crippen LogP contribution in [0.25, 0.3) is 38.8 Å². The summed E-state index contributed by atoms with van der Waals surface area (Å²) in [6.07, 6.45) is 3.41. The minimum Gasteiger partial charge on any atom is -0.497 e. The molecule has 3 aromatic carbocycles. The van der Waals surface area contributed by atoms with Gasteiger partial charge in [-0.1, -0.05) is 42.5 Å². The lowest BCUT2D eigenvalue weighted by Gasteiger charge is -2.10. The molecular weight excluding hydrogens is 450 g/mol. The predicted molar refractivity (Wildman–Crippen MR) is 141 cm³/mol. The van der Waals surface area contributed by atoms with E-state index in [-0.39, 0.29) is 0 Å². The number of rotatable bonds is 6. The fraction of sp³-hybridized carbons (Fsp3) is 0.0667. The van der Waals surface area contributed by atoms with Crippen LogP contribution in [0.15, 0.2) is 103 Å². The number of para-hydroxylation sites is 1. The van der Waals surface area contributed by atoms with Gasteiger partial charge in [0.2, 0.25) is 5.88 Å². The molecule has 0 fully saturated rings. The van der Waals surface area contributed by atoms with Gasteiger partial charge in [0.25, 0.3) is 0 Å². The van der Waals surface area contributed by atoms with Crippen molar-refractivity contribution in [3.05, 3.63) is 103 Å². The van der Waals surface area contributed by atoms with E-state index in [4.69, 9.17) is 14.2 Å². The molecule has 0 radical (unpaired) electrons. The van der Waals surface area contributed by atoms with E-state index in [0.29, 0.717) is 17.4 Å². The van der Waals surface area contributed by atoms with Crippen molar-refractivity contribution in [2.24, 2.45) is 0 Å². The first-order valence-electron chi connectivity index (χ1n) is 11.6. The number of nitrogens with zero attached hydrogens (tertiary/aromatic N) is 3. The van der Waals surface area contributed by atoms with Crippen LogP contribution in [0.4, 0.5) is 0 Å². The number of benzene rings is 3. The predicted octanol–water partition coefficient (Wildman–Crippen LogP) is 7.05. The number of methoxy groups -OCH3 is 2. The Labute approximate surface area is 208 Å². The first-order chi connectivity index (χ1) is 17.7. The molecule has 6 nitrogen and oxygen atoms in total. The molecule has 0 atom stereocenters. The van der Waals surface area contributed by atoms with Crippen LogP contribution in [-0.4, -0.2) is 28.8 Å². The van der Waals surface area contributed by atoms with Crippen LogP contribution in [0.1, 0.15) is 0 Å². The number of hydrogen-bond donors (Lipinski definition) is 0. The second kappa shape index (κ2) is 9.07. The Bertz CT molecular complexity index is 1690. The molecule has 0 aliphatic heterocycles. The van der Waals surface area contributed by atoms with Gasteiger partial charge in [-0.15, -0.1) is 0 Å². The zero-order valence-electron chi connectivity index (χ0n) is 19.9. The van der Waals surface area contributed by atoms with Crippen molar-refractivity contribution in [2.45, 2.75) is 0 Å². The van der Waals surface area contributed by atoms with Crippen molar-refractivity contribution >= 4 is 21.8 Å². The van der Waals surface area contributed by atoms with E-state index in [1.54, 1.807) is 38.7 Å². The Morgan fingerprint density at radius 1 is 0.611 bits per heavy atom. The normalized spacial score (nSPS) is 11.1. The molecule has 36 heavy (non-hydrogen) atoms. The van der Waals surface area contributed by atoms with Crippen molar-refractivity contribution < 1.29 is 14.2 Å². The molecule has 0 bridgehead atoms. The maximum Gasteiger partial charge on any atom is 0.222 e. The molecule has 0 aliphatic carbocycles. The molecule has 0 saturated carbocycles. The van der Waals surface area contributed by atoms with E-state index in [0.717, 1.165) is 33.7 Å². The lowest BCUT2D eigenvalue weighted by Crippen LogP contribution is -1.97. The van der Waals surface area contributed by atoms with Gasteiger partial charge in [-0.25, -0.2) is 9.97 Å². The van der Waals surface area contributed by atoms with E-state index in [1.807, 2.05) is 30.3 Å². The minimum atomic E-state index is 0.479. The van der Waals surface area contributed by atoms with E-state index < -0.39 is 0 Å². The maximum absolute atomic E-state index is 6.02. The standard InChI is InChI=1S/C30H23N3O3/c1-34-22-14-15-31-30(18-22)36-23-7-5-6-20(16-23)21-10-12-26-25-8-3-4-9-27(25)33(28(26)17-21)29-13-11-24(35-2)19-32-29/h3-19H,1-2H3. The molecule has 6 aromatic rings. The van der Waals surface area contributed by atoms with Gasteiger partial charge in [-0.2, -0.15) is 0 Å².